The van der Waals surface area contributed by atoms with Crippen molar-refractivity contribution in [2.24, 2.45) is 16.8 Å². The molecule has 1 heterocycles. The lowest BCUT2D eigenvalue weighted by atomic mass is 10.2. The van der Waals surface area contributed by atoms with Crippen LogP contribution in [-0.4, -0.2) is 54.3 Å². The number of nitrogens with one attached hydrogen (secondary N) is 1. The summed E-state index contributed by atoms with van der Waals surface area (Å²) in [5.74, 6) is 3.34. The second kappa shape index (κ2) is 10.9. The van der Waals surface area contributed by atoms with Gasteiger partial charge in [-0.25, -0.2) is 4.98 Å². The van der Waals surface area contributed by atoms with E-state index in [1.165, 1.54) is 12.8 Å². The molecule has 0 bridgehead atoms. The van der Waals surface area contributed by atoms with Crippen LogP contribution < -0.4 is 5.32 Å². The van der Waals surface area contributed by atoms with Crippen LogP contribution in [-0.2, 0) is 17.8 Å². The second-order valence-corrected chi connectivity index (χ2v) is 6.73. The summed E-state index contributed by atoms with van der Waals surface area (Å²) in [6, 6.07) is 0. The van der Waals surface area contributed by atoms with Gasteiger partial charge < -0.3 is 19.5 Å². The topological polar surface area (TPSA) is 54.7 Å². The quantitative estimate of drug-likeness (QED) is 0.273. The fourth-order valence-electron chi connectivity index (χ4n) is 2.45. The molecule has 0 saturated heterocycles. The average molecular weight is 449 g/mol. The Labute approximate surface area is 163 Å². The van der Waals surface area contributed by atoms with Crippen LogP contribution in [0.25, 0.3) is 0 Å². The number of hydrogen-bond donors (Lipinski definition) is 1. The van der Waals surface area contributed by atoms with Gasteiger partial charge in [-0.05, 0) is 24.7 Å². The standard InChI is InChI=1S/C17H31N5O.HI/c1-14(2)12-22-8-7-19-16(22)11-20-17(18-3)21(4)9-10-23-13-15-5-6-15;/h7-8,14-15H,5-6,9-13H2,1-4H3,(H,18,20);1H. The number of aliphatic imine (C=N–C) groups is 1. The highest BCUT2D eigenvalue weighted by molar-refractivity contribution is 14.0. The van der Waals surface area contributed by atoms with Crippen LogP contribution in [0, 0.1) is 11.8 Å². The summed E-state index contributed by atoms with van der Waals surface area (Å²) < 4.78 is 7.89. The Bertz CT molecular complexity index is 499. The molecule has 1 N–H and O–H groups in total. The van der Waals surface area contributed by atoms with Gasteiger partial charge in [-0.2, -0.15) is 0 Å². The van der Waals surface area contributed by atoms with Crippen molar-refractivity contribution in [1.82, 2.24) is 19.8 Å². The molecular weight excluding hydrogens is 417 g/mol. The second-order valence-electron chi connectivity index (χ2n) is 6.73. The Morgan fingerprint density at radius 1 is 1.50 bits per heavy atom. The lowest BCUT2D eigenvalue weighted by Gasteiger charge is -2.22. The Kier molecular flexibility index (Phi) is 9.65. The Hall–Kier alpha value is -0.830. The van der Waals surface area contributed by atoms with Crippen molar-refractivity contribution in [2.75, 3.05) is 33.9 Å². The van der Waals surface area contributed by atoms with Gasteiger partial charge in [0.15, 0.2) is 5.96 Å². The van der Waals surface area contributed by atoms with E-state index in [0.29, 0.717) is 12.5 Å². The van der Waals surface area contributed by atoms with Crippen LogP contribution in [0.1, 0.15) is 32.5 Å². The normalized spacial score (nSPS) is 14.6. The Morgan fingerprint density at radius 3 is 2.88 bits per heavy atom. The highest BCUT2D eigenvalue weighted by Gasteiger charge is 2.21. The van der Waals surface area contributed by atoms with Gasteiger partial charge in [0.25, 0.3) is 0 Å². The van der Waals surface area contributed by atoms with E-state index < -0.39 is 0 Å². The fourth-order valence-corrected chi connectivity index (χ4v) is 2.45. The highest BCUT2D eigenvalue weighted by Crippen LogP contribution is 2.28. The van der Waals surface area contributed by atoms with Gasteiger partial charge in [0.05, 0.1) is 13.2 Å². The molecule has 24 heavy (non-hydrogen) atoms. The average Bonchev–Trinajstić information content (AvgIpc) is 3.24. The van der Waals surface area contributed by atoms with Gasteiger partial charge in [0.1, 0.15) is 5.82 Å². The van der Waals surface area contributed by atoms with Crippen molar-refractivity contribution >= 4 is 29.9 Å². The monoisotopic (exact) mass is 449 g/mol. The molecular formula is C17H32IN5O. The van der Waals surface area contributed by atoms with Gasteiger partial charge in [0.2, 0.25) is 0 Å². The summed E-state index contributed by atoms with van der Waals surface area (Å²) in [5.41, 5.74) is 0. The van der Waals surface area contributed by atoms with E-state index in [9.17, 15) is 0 Å². The van der Waals surface area contributed by atoms with Crippen molar-refractivity contribution < 1.29 is 4.74 Å². The number of hydrogen-bond acceptors (Lipinski definition) is 3. The molecule has 0 aliphatic heterocycles. The number of rotatable bonds is 9. The van der Waals surface area contributed by atoms with Gasteiger partial charge in [0, 0.05) is 46.2 Å². The van der Waals surface area contributed by atoms with E-state index in [1.54, 1.807) is 0 Å². The first kappa shape index (κ1) is 21.2. The maximum atomic E-state index is 5.70. The number of halogens is 1. The first-order valence-electron chi connectivity index (χ1n) is 8.59. The van der Waals surface area contributed by atoms with Crippen molar-refractivity contribution in [3.63, 3.8) is 0 Å². The Balaban J connectivity index is 0.00000288. The molecule has 0 spiro atoms. The van der Waals surface area contributed by atoms with E-state index in [2.05, 4.69) is 38.6 Å². The fraction of sp³-hybridized carbons (Fsp3) is 0.765. The molecule has 1 aromatic rings. The first-order chi connectivity index (χ1) is 11.1. The largest absolute Gasteiger partial charge is 0.379 e. The molecule has 138 valence electrons. The van der Waals surface area contributed by atoms with Crippen molar-refractivity contribution in [3.05, 3.63) is 18.2 Å². The molecule has 1 aliphatic carbocycles. The van der Waals surface area contributed by atoms with Gasteiger partial charge >= 0.3 is 0 Å². The summed E-state index contributed by atoms with van der Waals surface area (Å²) in [6.07, 6.45) is 6.57. The molecule has 6 nitrogen and oxygen atoms in total. The van der Waals surface area contributed by atoms with Crippen molar-refractivity contribution in [2.45, 2.75) is 39.8 Å². The summed E-state index contributed by atoms with van der Waals surface area (Å²) in [6.45, 7) is 8.59. The number of aromatic nitrogens is 2. The van der Waals surface area contributed by atoms with E-state index >= 15 is 0 Å². The van der Waals surface area contributed by atoms with Gasteiger partial charge in [-0.3, -0.25) is 4.99 Å². The van der Waals surface area contributed by atoms with E-state index in [4.69, 9.17) is 4.74 Å². The zero-order chi connectivity index (χ0) is 16.7. The van der Waals surface area contributed by atoms with E-state index in [-0.39, 0.29) is 24.0 Å². The summed E-state index contributed by atoms with van der Waals surface area (Å²) in [5, 5.41) is 3.38. The number of imidazole rings is 1. The molecule has 1 saturated carbocycles. The summed E-state index contributed by atoms with van der Waals surface area (Å²) in [7, 11) is 3.85. The van der Waals surface area contributed by atoms with Crippen LogP contribution in [0.5, 0.6) is 0 Å². The van der Waals surface area contributed by atoms with E-state index in [1.807, 2.05) is 26.5 Å². The zero-order valence-electron chi connectivity index (χ0n) is 15.4. The van der Waals surface area contributed by atoms with Gasteiger partial charge in [-0.15, -0.1) is 24.0 Å². The molecule has 0 atom stereocenters. The van der Waals surface area contributed by atoms with E-state index in [0.717, 1.165) is 44.0 Å². The van der Waals surface area contributed by atoms with Crippen LogP contribution in [0.15, 0.2) is 17.4 Å². The van der Waals surface area contributed by atoms with Crippen LogP contribution in [0.2, 0.25) is 0 Å². The number of ether oxygens (including phenoxy) is 1. The first-order valence-corrected chi connectivity index (χ1v) is 8.59. The van der Waals surface area contributed by atoms with Crippen molar-refractivity contribution in [3.8, 4) is 0 Å². The molecule has 7 heteroatoms. The smallest absolute Gasteiger partial charge is 0.193 e. The zero-order valence-corrected chi connectivity index (χ0v) is 17.7. The van der Waals surface area contributed by atoms with Crippen molar-refractivity contribution in [1.29, 1.82) is 0 Å². The minimum absolute atomic E-state index is 0. The number of nitrogens with zero attached hydrogens (tertiary/aromatic N) is 4. The SMILES string of the molecule is CN=C(NCc1nccn1CC(C)C)N(C)CCOCC1CC1.I. The molecule has 0 unspecified atom stereocenters. The maximum Gasteiger partial charge on any atom is 0.193 e. The third-order valence-electron chi connectivity index (χ3n) is 3.96. The van der Waals surface area contributed by atoms with Crippen LogP contribution in [0.4, 0.5) is 0 Å². The minimum Gasteiger partial charge on any atom is -0.379 e. The molecule has 0 radical (unpaired) electrons. The lowest BCUT2D eigenvalue weighted by Crippen LogP contribution is -2.40. The van der Waals surface area contributed by atoms with Gasteiger partial charge in [-0.1, -0.05) is 13.8 Å². The predicted molar refractivity (Wildman–Crippen MR) is 109 cm³/mol. The van der Waals surface area contributed by atoms with Crippen LogP contribution in [0.3, 0.4) is 0 Å². The maximum absolute atomic E-state index is 5.70. The molecule has 0 amide bonds. The highest BCUT2D eigenvalue weighted by atomic mass is 127. The minimum atomic E-state index is 0. The molecule has 1 fully saturated rings. The molecule has 1 aliphatic rings. The number of likely N-dealkylation sites (N-methyl/N-ethyl adjacent to an activating group) is 1. The number of guanidine groups is 1. The molecule has 1 aromatic heterocycles. The lowest BCUT2D eigenvalue weighted by molar-refractivity contribution is 0.115. The summed E-state index contributed by atoms with van der Waals surface area (Å²) >= 11 is 0. The molecule has 0 aromatic carbocycles. The third-order valence-corrected chi connectivity index (χ3v) is 3.96. The van der Waals surface area contributed by atoms with Crippen LogP contribution >= 0.6 is 24.0 Å². The third kappa shape index (κ3) is 7.38. The summed E-state index contributed by atoms with van der Waals surface area (Å²) in [4.78, 5) is 10.9. The predicted octanol–water partition coefficient (Wildman–Crippen LogP) is 2.59. The molecule has 2 rings (SSSR count). The Morgan fingerprint density at radius 2 is 2.25 bits per heavy atom.